The van der Waals surface area contributed by atoms with Crippen molar-refractivity contribution in [3.8, 4) is 0 Å². The van der Waals surface area contributed by atoms with E-state index < -0.39 is 5.97 Å². The number of benzene rings is 1. The number of carbonyl (C=O) groups is 3. The number of rotatable bonds is 10. The molecule has 0 aliphatic heterocycles. The smallest absolute Gasteiger partial charge is 0.303 e. The molecule has 6 nitrogen and oxygen atoms in total. The molecule has 0 saturated carbocycles. The van der Waals surface area contributed by atoms with Gasteiger partial charge < -0.3 is 15.3 Å². The van der Waals surface area contributed by atoms with Crippen molar-refractivity contribution in [3.63, 3.8) is 0 Å². The van der Waals surface area contributed by atoms with Crippen LogP contribution in [0.15, 0.2) is 30.3 Å². The Balaban J connectivity index is 2.28. The van der Waals surface area contributed by atoms with Gasteiger partial charge in [-0.05, 0) is 18.4 Å². The zero-order valence-electron chi connectivity index (χ0n) is 13.5. The van der Waals surface area contributed by atoms with Crippen molar-refractivity contribution in [1.82, 2.24) is 10.2 Å². The van der Waals surface area contributed by atoms with Gasteiger partial charge >= 0.3 is 5.97 Å². The average Bonchev–Trinajstić information content (AvgIpc) is 2.51. The molecule has 0 radical (unpaired) electrons. The molecule has 0 bridgehead atoms. The molecule has 0 aliphatic rings. The molecule has 126 valence electrons. The number of hydrogen-bond acceptors (Lipinski definition) is 3. The van der Waals surface area contributed by atoms with E-state index in [1.807, 2.05) is 30.3 Å². The molecule has 0 saturated heterocycles. The molecule has 0 spiro atoms. The number of aliphatic carboxylic acids is 1. The van der Waals surface area contributed by atoms with Gasteiger partial charge in [0.25, 0.3) is 0 Å². The minimum Gasteiger partial charge on any atom is -0.481 e. The highest BCUT2D eigenvalue weighted by Gasteiger charge is 2.11. The van der Waals surface area contributed by atoms with Crippen LogP contribution in [0, 0.1) is 0 Å². The molecule has 0 fully saturated rings. The molecule has 0 aromatic heterocycles. The number of carboxylic acid groups (broad SMARTS) is 1. The number of nitrogens with zero attached hydrogens (tertiary/aromatic N) is 1. The summed E-state index contributed by atoms with van der Waals surface area (Å²) in [6, 6.07) is 9.63. The summed E-state index contributed by atoms with van der Waals surface area (Å²) < 4.78 is 0. The van der Waals surface area contributed by atoms with Gasteiger partial charge in [0, 0.05) is 39.4 Å². The van der Waals surface area contributed by atoms with Crippen LogP contribution in [0.2, 0.25) is 0 Å². The Morgan fingerprint density at radius 3 is 2.39 bits per heavy atom. The zero-order valence-corrected chi connectivity index (χ0v) is 13.5. The van der Waals surface area contributed by atoms with E-state index in [9.17, 15) is 14.4 Å². The Bertz CT molecular complexity index is 517. The number of carbonyl (C=O) groups excluding carboxylic acids is 2. The zero-order chi connectivity index (χ0) is 17.1. The van der Waals surface area contributed by atoms with Crippen LogP contribution in [0.3, 0.4) is 0 Å². The number of amides is 2. The van der Waals surface area contributed by atoms with Crippen molar-refractivity contribution < 1.29 is 19.5 Å². The molecular weight excluding hydrogens is 296 g/mol. The molecule has 1 aromatic rings. The topological polar surface area (TPSA) is 86.7 Å². The van der Waals surface area contributed by atoms with Crippen LogP contribution >= 0.6 is 0 Å². The maximum Gasteiger partial charge on any atom is 0.303 e. The molecule has 23 heavy (non-hydrogen) atoms. The largest absolute Gasteiger partial charge is 0.481 e. The summed E-state index contributed by atoms with van der Waals surface area (Å²) in [5.41, 5.74) is 1.02. The summed E-state index contributed by atoms with van der Waals surface area (Å²) in [5.74, 6) is -1.02. The molecule has 2 amide bonds. The predicted molar refractivity (Wildman–Crippen MR) is 86.6 cm³/mol. The van der Waals surface area contributed by atoms with E-state index in [4.69, 9.17) is 5.11 Å². The standard InChI is InChI=1S/C17H24N2O4/c1-14(20)19(13-15-7-3-2-4-8-15)12-10-16(21)18-11-6-5-9-17(22)23/h2-4,7-8H,5-6,9-13H2,1H3,(H,18,21)(H,22,23). The number of carboxylic acids is 1. The first kappa shape index (κ1) is 18.7. The van der Waals surface area contributed by atoms with Crippen LogP contribution in [-0.2, 0) is 20.9 Å². The molecule has 2 N–H and O–H groups in total. The van der Waals surface area contributed by atoms with E-state index in [1.165, 1.54) is 6.92 Å². The Morgan fingerprint density at radius 2 is 1.78 bits per heavy atom. The Morgan fingerprint density at radius 1 is 1.09 bits per heavy atom. The molecule has 6 heteroatoms. The van der Waals surface area contributed by atoms with Crippen molar-refractivity contribution in [2.24, 2.45) is 0 Å². The second-order valence-corrected chi connectivity index (χ2v) is 5.38. The molecular formula is C17H24N2O4. The molecule has 0 unspecified atom stereocenters. The van der Waals surface area contributed by atoms with Crippen molar-refractivity contribution in [3.05, 3.63) is 35.9 Å². The predicted octanol–water partition coefficient (Wildman–Crippen LogP) is 1.80. The van der Waals surface area contributed by atoms with Crippen LogP contribution in [-0.4, -0.2) is 40.9 Å². The number of nitrogens with one attached hydrogen (secondary N) is 1. The minimum absolute atomic E-state index is 0.0666. The lowest BCUT2D eigenvalue weighted by Gasteiger charge is -2.21. The minimum atomic E-state index is -0.825. The summed E-state index contributed by atoms with van der Waals surface area (Å²) in [7, 11) is 0. The van der Waals surface area contributed by atoms with E-state index in [2.05, 4.69) is 5.32 Å². The highest BCUT2D eigenvalue weighted by Crippen LogP contribution is 2.05. The maximum absolute atomic E-state index is 11.8. The molecule has 1 rings (SSSR count). The van der Waals surface area contributed by atoms with Gasteiger partial charge in [-0.1, -0.05) is 30.3 Å². The van der Waals surface area contributed by atoms with Gasteiger partial charge in [-0.15, -0.1) is 0 Å². The second kappa shape index (κ2) is 10.4. The summed E-state index contributed by atoms with van der Waals surface area (Å²) in [6.07, 6.45) is 1.54. The fourth-order valence-electron chi connectivity index (χ4n) is 2.11. The van der Waals surface area contributed by atoms with E-state index in [0.29, 0.717) is 32.5 Å². The third-order valence-electron chi connectivity index (χ3n) is 3.41. The molecule has 1 aromatic carbocycles. The maximum atomic E-state index is 11.8. The normalized spacial score (nSPS) is 10.1. The Labute approximate surface area is 136 Å². The van der Waals surface area contributed by atoms with E-state index in [0.717, 1.165) is 5.56 Å². The first-order valence-electron chi connectivity index (χ1n) is 7.77. The summed E-state index contributed by atoms with van der Waals surface area (Å²) in [5, 5.41) is 11.3. The van der Waals surface area contributed by atoms with E-state index >= 15 is 0 Å². The Hall–Kier alpha value is -2.37. The lowest BCUT2D eigenvalue weighted by Crippen LogP contribution is -2.33. The summed E-state index contributed by atoms with van der Waals surface area (Å²) in [4.78, 5) is 35.4. The van der Waals surface area contributed by atoms with Gasteiger partial charge in [0.1, 0.15) is 0 Å². The van der Waals surface area contributed by atoms with Crippen molar-refractivity contribution in [1.29, 1.82) is 0 Å². The SMILES string of the molecule is CC(=O)N(CCC(=O)NCCCCC(=O)O)Cc1ccccc1. The van der Waals surface area contributed by atoms with Gasteiger partial charge in [0.15, 0.2) is 0 Å². The summed E-state index contributed by atoms with van der Waals surface area (Å²) in [6.45, 7) is 2.81. The van der Waals surface area contributed by atoms with Crippen LogP contribution < -0.4 is 5.32 Å². The Kier molecular flexibility index (Phi) is 8.42. The van der Waals surface area contributed by atoms with Crippen molar-refractivity contribution in [2.75, 3.05) is 13.1 Å². The molecule has 0 atom stereocenters. The van der Waals surface area contributed by atoms with Crippen LogP contribution in [0.4, 0.5) is 0 Å². The second-order valence-electron chi connectivity index (χ2n) is 5.38. The van der Waals surface area contributed by atoms with Crippen LogP contribution in [0.25, 0.3) is 0 Å². The van der Waals surface area contributed by atoms with Gasteiger partial charge in [-0.25, -0.2) is 0 Å². The number of hydrogen-bond donors (Lipinski definition) is 2. The van der Waals surface area contributed by atoms with E-state index in [-0.39, 0.29) is 24.7 Å². The van der Waals surface area contributed by atoms with Gasteiger partial charge in [0.05, 0.1) is 0 Å². The lowest BCUT2D eigenvalue weighted by atomic mass is 10.2. The lowest BCUT2D eigenvalue weighted by molar-refractivity contribution is -0.137. The average molecular weight is 320 g/mol. The van der Waals surface area contributed by atoms with Crippen LogP contribution in [0.5, 0.6) is 0 Å². The molecule has 0 aliphatic carbocycles. The monoisotopic (exact) mass is 320 g/mol. The van der Waals surface area contributed by atoms with Gasteiger partial charge in [-0.3, -0.25) is 14.4 Å². The third-order valence-corrected chi connectivity index (χ3v) is 3.41. The van der Waals surface area contributed by atoms with Crippen molar-refractivity contribution in [2.45, 2.75) is 39.2 Å². The molecule has 0 heterocycles. The van der Waals surface area contributed by atoms with E-state index in [1.54, 1.807) is 4.90 Å². The fourth-order valence-corrected chi connectivity index (χ4v) is 2.11. The summed E-state index contributed by atoms with van der Waals surface area (Å²) >= 11 is 0. The van der Waals surface area contributed by atoms with Crippen LogP contribution in [0.1, 0.15) is 38.2 Å². The highest BCUT2D eigenvalue weighted by atomic mass is 16.4. The third kappa shape index (κ3) is 8.60. The number of unbranched alkanes of at least 4 members (excludes halogenated alkanes) is 1. The first-order valence-corrected chi connectivity index (χ1v) is 7.77. The highest BCUT2D eigenvalue weighted by molar-refractivity contribution is 5.78. The van der Waals surface area contributed by atoms with Gasteiger partial charge in [0.2, 0.25) is 11.8 Å². The van der Waals surface area contributed by atoms with Crippen molar-refractivity contribution >= 4 is 17.8 Å². The first-order chi connectivity index (χ1) is 11.0. The van der Waals surface area contributed by atoms with Gasteiger partial charge in [-0.2, -0.15) is 0 Å². The fraction of sp³-hybridized carbons (Fsp3) is 0.471. The quantitative estimate of drug-likeness (QED) is 0.644.